The fourth-order valence-corrected chi connectivity index (χ4v) is 7.58. The summed E-state index contributed by atoms with van der Waals surface area (Å²) in [7, 11) is 0. The van der Waals surface area contributed by atoms with Gasteiger partial charge in [-0.15, -0.1) is 0 Å². The molecule has 3 atom stereocenters. The lowest BCUT2D eigenvalue weighted by Gasteiger charge is -2.57. The standard InChI is InChI=1S/C34H36O7/c1-16(2)22-12-23(21-10-8-20(9-11-21)18(4)35)29(38)26-17(3)28-31(40)34(41)30(39)27(19(5)36)25(37)14-33(34,7)15-32(28,6)13-24(22)26/h8-12,16,38-41H,3,13-15H2,1-2,4-7H3/t32-,33+,34+/m1/s1. The van der Waals surface area contributed by atoms with Crippen LogP contribution < -0.4 is 0 Å². The number of phenols is 1. The van der Waals surface area contributed by atoms with Crippen molar-refractivity contribution in [2.24, 2.45) is 10.8 Å². The number of ketones is 3. The summed E-state index contributed by atoms with van der Waals surface area (Å²) in [5, 5.41) is 46.7. The number of hydrogen-bond donors (Lipinski definition) is 4. The van der Waals surface area contributed by atoms with E-state index in [-0.39, 0.29) is 35.9 Å². The Labute approximate surface area is 239 Å². The number of phenolic OH excluding ortho intramolecular Hbond substituents is 1. The molecular formula is C34H36O7. The third-order valence-electron chi connectivity index (χ3n) is 9.43. The number of benzene rings is 2. The number of aliphatic hydroxyl groups is 3. The van der Waals surface area contributed by atoms with Crippen molar-refractivity contribution in [3.63, 3.8) is 0 Å². The zero-order valence-electron chi connectivity index (χ0n) is 24.3. The fraction of sp³-hybridized carbons (Fsp3) is 0.382. The lowest BCUT2D eigenvalue weighted by molar-refractivity contribution is -0.141. The summed E-state index contributed by atoms with van der Waals surface area (Å²) in [6.07, 6.45) is 0.364. The molecule has 0 saturated heterocycles. The second kappa shape index (κ2) is 9.02. The third kappa shape index (κ3) is 3.78. The highest BCUT2D eigenvalue weighted by atomic mass is 16.4. The van der Waals surface area contributed by atoms with Crippen molar-refractivity contribution in [1.82, 2.24) is 0 Å². The monoisotopic (exact) mass is 556 g/mol. The second-order valence-electron chi connectivity index (χ2n) is 12.8. The normalized spacial score (nSPS) is 27.5. The lowest BCUT2D eigenvalue weighted by atomic mass is 9.48. The molecule has 0 saturated carbocycles. The van der Waals surface area contributed by atoms with Crippen molar-refractivity contribution in [3.8, 4) is 16.9 Å². The number of carbonyl (C=O) groups excluding carboxylic acids is 3. The molecule has 0 heterocycles. The molecule has 0 fully saturated rings. The van der Waals surface area contributed by atoms with E-state index in [9.17, 15) is 34.8 Å². The van der Waals surface area contributed by atoms with E-state index in [0.717, 1.165) is 18.1 Å². The molecule has 3 aliphatic carbocycles. The van der Waals surface area contributed by atoms with Gasteiger partial charge in [0, 0.05) is 39.5 Å². The van der Waals surface area contributed by atoms with Crippen molar-refractivity contribution in [2.75, 3.05) is 0 Å². The van der Waals surface area contributed by atoms with Crippen molar-refractivity contribution in [1.29, 1.82) is 0 Å². The molecule has 2 aromatic rings. The molecule has 214 valence electrons. The first-order valence-electron chi connectivity index (χ1n) is 13.8. The summed E-state index contributed by atoms with van der Waals surface area (Å²) in [5.74, 6) is -2.72. The van der Waals surface area contributed by atoms with E-state index >= 15 is 0 Å². The van der Waals surface area contributed by atoms with E-state index in [0.29, 0.717) is 34.2 Å². The van der Waals surface area contributed by atoms with Crippen molar-refractivity contribution in [2.45, 2.75) is 72.3 Å². The summed E-state index contributed by atoms with van der Waals surface area (Å²) in [4.78, 5) is 37.1. The average Bonchev–Trinajstić information content (AvgIpc) is 2.85. The number of hydrogen-bond acceptors (Lipinski definition) is 7. The zero-order chi connectivity index (χ0) is 30.4. The predicted octanol–water partition coefficient (Wildman–Crippen LogP) is 6.29. The van der Waals surface area contributed by atoms with Crippen LogP contribution in [0.3, 0.4) is 0 Å². The van der Waals surface area contributed by atoms with E-state index in [1.807, 2.05) is 13.0 Å². The maximum Gasteiger partial charge on any atom is 0.185 e. The summed E-state index contributed by atoms with van der Waals surface area (Å²) in [5.41, 5.74) is -0.334. The van der Waals surface area contributed by atoms with Crippen LogP contribution in [0, 0.1) is 10.8 Å². The maximum atomic E-state index is 13.0. The Morgan fingerprint density at radius 1 is 0.951 bits per heavy atom. The molecule has 0 aromatic heterocycles. The largest absolute Gasteiger partial charge is 0.508 e. The highest BCUT2D eigenvalue weighted by Crippen LogP contribution is 2.65. The van der Waals surface area contributed by atoms with Gasteiger partial charge in [0.05, 0.1) is 0 Å². The van der Waals surface area contributed by atoms with Gasteiger partial charge in [-0.25, -0.2) is 0 Å². The highest BCUT2D eigenvalue weighted by molar-refractivity contribution is 6.21. The van der Waals surface area contributed by atoms with Crippen LogP contribution in [0.1, 0.15) is 87.4 Å². The molecule has 0 bridgehead atoms. The number of carbonyl (C=O) groups is 3. The molecular weight excluding hydrogens is 520 g/mol. The molecule has 7 nitrogen and oxygen atoms in total. The van der Waals surface area contributed by atoms with Gasteiger partial charge in [-0.05, 0) is 60.9 Å². The predicted molar refractivity (Wildman–Crippen MR) is 156 cm³/mol. The van der Waals surface area contributed by atoms with Crippen LogP contribution in [0.5, 0.6) is 5.75 Å². The second-order valence-corrected chi connectivity index (χ2v) is 12.8. The Kier molecular flexibility index (Phi) is 6.28. The average molecular weight is 557 g/mol. The smallest absolute Gasteiger partial charge is 0.185 e. The van der Waals surface area contributed by atoms with Gasteiger partial charge in [-0.1, -0.05) is 58.5 Å². The number of allylic oxidation sites excluding steroid dienone is 3. The molecule has 5 rings (SSSR count). The maximum absolute atomic E-state index is 13.0. The lowest BCUT2D eigenvalue weighted by Crippen LogP contribution is -2.60. The molecule has 41 heavy (non-hydrogen) atoms. The molecule has 3 aliphatic rings. The van der Waals surface area contributed by atoms with Crippen LogP contribution in [0.4, 0.5) is 0 Å². The Morgan fingerprint density at radius 2 is 1.56 bits per heavy atom. The minimum Gasteiger partial charge on any atom is -0.508 e. The third-order valence-corrected chi connectivity index (χ3v) is 9.43. The number of aromatic hydroxyl groups is 1. The van der Waals surface area contributed by atoms with E-state index < -0.39 is 45.1 Å². The summed E-state index contributed by atoms with van der Waals surface area (Å²) >= 11 is 0. The Bertz CT molecular complexity index is 1640. The van der Waals surface area contributed by atoms with E-state index in [2.05, 4.69) is 20.4 Å². The summed E-state index contributed by atoms with van der Waals surface area (Å²) in [6, 6.07) is 8.90. The number of rotatable bonds is 4. The quantitative estimate of drug-likeness (QED) is 0.257. The Hall–Kier alpha value is -3.97. The van der Waals surface area contributed by atoms with Crippen molar-refractivity contribution >= 4 is 22.9 Å². The molecule has 2 aromatic carbocycles. The first-order chi connectivity index (χ1) is 19.0. The molecule has 0 amide bonds. The summed E-state index contributed by atoms with van der Waals surface area (Å²) in [6.45, 7) is 14.6. The molecule has 0 aliphatic heterocycles. The van der Waals surface area contributed by atoms with E-state index in [1.165, 1.54) is 6.92 Å². The minimum absolute atomic E-state index is 0.0457. The number of aliphatic hydroxyl groups excluding tert-OH is 2. The molecule has 7 heteroatoms. The van der Waals surface area contributed by atoms with E-state index in [1.54, 1.807) is 31.2 Å². The van der Waals surface area contributed by atoms with Crippen LogP contribution >= 0.6 is 0 Å². The first kappa shape index (κ1) is 28.6. The van der Waals surface area contributed by atoms with Crippen LogP contribution in [0.25, 0.3) is 16.7 Å². The Morgan fingerprint density at radius 3 is 2.10 bits per heavy atom. The zero-order valence-corrected chi connectivity index (χ0v) is 24.3. The highest BCUT2D eigenvalue weighted by Gasteiger charge is 2.66. The van der Waals surface area contributed by atoms with E-state index in [4.69, 9.17) is 0 Å². The van der Waals surface area contributed by atoms with Gasteiger partial charge in [0.1, 0.15) is 22.8 Å². The van der Waals surface area contributed by atoms with Gasteiger partial charge < -0.3 is 20.4 Å². The molecule has 0 unspecified atom stereocenters. The minimum atomic E-state index is -2.38. The van der Waals surface area contributed by atoms with Gasteiger partial charge in [0.15, 0.2) is 23.0 Å². The molecule has 0 spiro atoms. The van der Waals surface area contributed by atoms with Gasteiger partial charge in [0.25, 0.3) is 0 Å². The first-order valence-corrected chi connectivity index (χ1v) is 13.8. The van der Waals surface area contributed by atoms with Crippen molar-refractivity contribution < 1.29 is 34.8 Å². The van der Waals surface area contributed by atoms with Crippen LogP contribution in [-0.2, 0) is 16.0 Å². The van der Waals surface area contributed by atoms with Gasteiger partial charge in [-0.3, -0.25) is 14.4 Å². The molecule has 4 N–H and O–H groups in total. The Balaban J connectivity index is 1.79. The van der Waals surface area contributed by atoms with Crippen LogP contribution in [-0.4, -0.2) is 43.4 Å². The van der Waals surface area contributed by atoms with Crippen molar-refractivity contribution in [3.05, 3.63) is 81.8 Å². The van der Waals surface area contributed by atoms with Gasteiger partial charge in [0.2, 0.25) is 0 Å². The van der Waals surface area contributed by atoms with Crippen LogP contribution in [0.2, 0.25) is 0 Å². The number of Topliss-reactive ketones (excluding diaryl/α,β-unsaturated/α-hetero) is 3. The SMILES string of the molecule is C=C1C2=C(O)[C@@]3(O)C(O)=C(C(C)=O)C(=O)C[C@@]3(C)C[C@@]2(C)Cc2c(C(C)C)cc(-c3ccc(C(C)=O)cc3)c(O)c21. The van der Waals surface area contributed by atoms with Crippen LogP contribution in [0.15, 0.2) is 59.6 Å². The topological polar surface area (TPSA) is 132 Å². The van der Waals surface area contributed by atoms with Gasteiger partial charge >= 0.3 is 0 Å². The fourth-order valence-electron chi connectivity index (χ4n) is 7.58. The molecule has 0 radical (unpaired) electrons. The number of fused-ring (bicyclic) bond motifs is 3. The summed E-state index contributed by atoms with van der Waals surface area (Å²) < 4.78 is 0. The van der Waals surface area contributed by atoms with Gasteiger partial charge in [-0.2, -0.15) is 0 Å².